The van der Waals surface area contributed by atoms with Crippen LogP contribution in [0.3, 0.4) is 0 Å². The summed E-state index contributed by atoms with van der Waals surface area (Å²) in [5, 5.41) is 5.82. The number of benzene rings is 3. The number of hydrogen-bond donors (Lipinski definition) is 2. The Labute approximate surface area is 247 Å². The average molecular weight is 596 g/mol. The summed E-state index contributed by atoms with van der Waals surface area (Å²) < 4.78 is 45.0. The van der Waals surface area contributed by atoms with Gasteiger partial charge in [-0.3, -0.25) is 13.9 Å². The van der Waals surface area contributed by atoms with Crippen molar-refractivity contribution in [2.45, 2.75) is 50.0 Å². The van der Waals surface area contributed by atoms with E-state index in [0.717, 1.165) is 36.4 Å². The Morgan fingerprint density at radius 2 is 1.60 bits per heavy atom. The summed E-state index contributed by atoms with van der Waals surface area (Å²) in [5.74, 6) is 0.259. The van der Waals surface area contributed by atoms with Crippen LogP contribution in [0.4, 0.5) is 11.4 Å². The number of carbonyl (C=O) groups is 2. The van der Waals surface area contributed by atoms with Gasteiger partial charge in [0, 0.05) is 12.1 Å². The smallest absolute Gasteiger partial charge is 0.264 e. The van der Waals surface area contributed by atoms with E-state index in [4.69, 9.17) is 14.2 Å². The number of ether oxygens (including phenoxy) is 3. The van der Waals surface area contributed by atoms with Crippen LogP contribution in [-0.4, -0.2) is 53.6 Å². The first kappa shape index (κ1) is 30.7. The van der Waals surface area contributed by atoms with Gasteiger partial charge in [0.1, 0.15) is 12.3 Å². The van der Waals surface area contributed by atoms with Gasteiger partial charge >= 0.3 is 0 Å². The van der Waals surface area contributed by atoms with Crippen molar-refractivity contribution in [1.29, 1.82) is 0 Å². The number of carbonyl (C=O) groups excluding carboxylic acids is 2. The lowest BCUT2D eigenvalue weighted by atomic mass is 9.95. The molecule has 2 N–H and O–H groups in total. The molecule has 3 aromatic rings. The van der Waals surface area contributed by atoms with Gasteiger partial charge in [-0.1, -0.05) is 31.4 Å². The van der Waals surface area contributed by atoms with Crippen LogP contribution in [0.15, 0.2) is 71.6 Å². The molecule has 0 aromatic heterocycles. The molecule has 0 saturated heterocycles. The van der Waals surface area contributed by atoms with Crippen LogP contribution in [0.2, 0.25) is 0 Å². The van der Waals surface area contributed by atoms with Crippen LogP contribution in [0.1, 0.15) is 49.4 Å². The average Bonchev–Trinajstić information content (AvgIpc) is 3.00. The van der Waals surface area contributed by atoms with Crippen LogP contribution >= 0.6 is 0 Å². The number of nitrogens with zero attached hydrogens (tertiary/aromatic N) is 1. The van der Waals surface area contributed by atoms with E-state index >= 15 is 0 Å². The molecule has 1 fully saturated rings. The molecule has 1 aliphatic carbocycles. The fourth-order valence-corrected chi connectivity index (χ4v) is 6.35. The van der Waals surface area contributed by atoms with E-state index in [0.29, 0.717) is 29.4 Å². The minimum absolute atomic E-state index is 0.0888. The molecule has 2 amide bonds. The fourth-order valence-electron chi connectivity index (χ4n) is 4.91. The molecule has 0 aliphatic heterocycles. The molecule has 0 spiro atoms. The topological polar surface area (TPSA) is 123 Å². The van der Waals surface area contributed by atoms with Crippen LogP contribution < -0.4 is 29.1 Å². The highest BCUT2D eigenvalue weighted by Crippen LogP contribution is 2.33. The first-order valence-electron chi connectivity index (χ1n) is 13.9. The third kappa shape index (κ3) is 7.33. The van der Waals surface area contributed by atoms with Gasteiger partial charge < -0.3 is 24.8 Å². The van der Waals surface area contributed by atoms with Crippen molar-refractivity contribution in [3.05, 3.63) is 72.3 Å². The maximum atomic E-state index is 13.9. The molecule has 3 aromatic carbocycles. The second kappa shape index (κ2) is 14.1. The van der Waals surface area contributed by atoms with E-state index in [1.807, 2.05) is 6.92 Å². The Hall–Kier alpha value is -4.25. The molecular formula is C31H37N3O7S. The molecule has 4 rings (SSSR count). The van der Waals surface area contributed by atoms with E-state index < -0.39 is 22.5 Å². The van der Waals surface area contributed by atoms with E-state index in [9.17, 15) is 18.0 Å². The lowest BCUT2D eigenvalue weighted by molar-refractivity contribution is -0.114. The third-order valence-corrected chi connectivity index (χ3v) is 8.82. The maximum Gasteiger partial charge on any atom is 0.264 e. The second-order valence-corrected chi connectivity index (χ2v) is 11.7. The van der Waals surface area contributed by atoms with Gasteiger partial charge in [-0.2, -0.15) is 0 Å². The molecule has 42 heavy (non-hydrogen) atoms. The van der Waals surface area contributed by atoms with Crippen molar-refractivity contribution < 1.29 is 32.2 Å². The number of anilines is 2. The first-order valence-corrected chi connectivity index (χ1v) is 15.4. The Morgan fingerprint density at radius 1 is 0.905 bits per heavy atom. The van der Waals surface area contributed by atoms with Gasteiger partial charge in [0.15, 0.2) is 11.5 Å². The van der Waals surface area contributed by atoms with Gasteiger partial charge in [-0.25, -0.2) is 8.42 Å². The van der Waals surface area contributed by atoms with E-state index in [1.165, 1.54) is 32.4 Å². The molecule has 0 atom stereocenters. The lowest BCUT2D eigenvalue weighted by Crippen LogP contribution is -2.39. The number of amides is 2. The van der Waals surface area contributed by atoms with Gasteiger partial charge in [0.05, 0.1) is 42.7 Å². The van der Waals surface area contributed by atoms with Crippen LogP contribution in [0.5, 0.6) is 17.2 Å². The Morgan fingerprint density at radius 3 is 2.26 bits per heavy atom. The number of hydrogen-bond acceptors (Lipinski definition) is 7. The molecular weight excluding hydrogens is 558 g/mol. The third-order valence-electron chi connectivity index (χ3n) is 7.05. The number of methoxy groups -OCH3 is 2. The molecule has 1 aliphatic rings. The van der Waals surface area contributed by atoms with Crippen molar-refractivity contribution in [2.75, 3.05) is 37.0 Å². The normalized spacial score (nSPS) is 13.6. The molecule has 0 unspecified atom stereocenters. The van der Waals surface area contributed by atoms with Crippen LogP contribution in [0, 0.1) is 0 Å². The van der Waals surface area contributed by atoms with Gasteiger partial charge in [0.2, 0.25) is 5.91 Å². The van der Waals surface area contributed by atoms with Gasteiger partial charge in [0.25, 0.3) is 15.9 Å². The Balaban J connectivity index is 1.62. The second-order valence-electron chi connectivity index (χ2n) is 9.86. The summed E-state index contributed by atoms with van der Waals surface area (Å²) >= 11 is 0. The van der Waals surface area contributed by atoms with Crippen molar-refractivity contribution in [3.8, 4) is 17.2 Å². The quantitative estimate of drug-likeness (QED) is 0.302. The van der Waals surface area contributed by atoms with Gasteiger partial charge in [-0.05, 0) is 68.3 Å². The highest BCUT2D eigenvalue weighted by Gasteiger charge is 2.29. The predicted molar refractivity (Wildman–Crippen MR) is 161 cm³/mol. The van der Waals surface area contributed by atoms with Crippen LogP contribution in [0.25, 0.3) is 0 Å². The molecule has 224 valence electrons. The molecule has 11 heteroatoms. The zero-order chi connectivity index (χ0) is 30.1. The largest absolute Gasteiger partial charge is 0.494 e. The molecule has 10 nitrogen and oxygen atoms in total. The molecule has 1 saturated carbocycles. The van der Waals surface area contributed by atoms with E-state index in [1.54, 1.807) is 48.5 Å². The summed E-state index contributed by atoms with van der Waals surface area (Å²) in [6.45, 7) is 1.74. The lowest BCUT2D eigenvalue weighted by Gasteiger charge is -2.25. The number of sulfonamides is 1. The minimum Gasteiger partial charge on any atom is -0.494 e. The minimum atomic E-state index is -4.25. The highest BCUT2D eigenvalue weighted by atomic mass is 32.2. The summed E-state index contributed by atoms with van der Waals surface area (Å²) in [5.41, 5.74) is 0.865. The Bertz CT molecular complexity index is 1490. The number of nitrogens with one attached hydrogen (secondary N) is 2. The molecule has 0 radical (unpaired) electrons. The summed E-state index contributed by atoms with van der Waals surface area (Å²) in [7, 11) is -1.39. The highest BCUT2D eigenvalue weighted by molar-refractivity contribution is 7.92. The van der Waals surface area contributed by atoms with Crippen molar-refractivity contribution in [1.82, 2.24) is 5.32 Å². The van der Waals surface area contributed by atoms with E-state index in [2.05, 4.69) is 10.6 Å². The molecule has 0 heterocycles. The van der Waals surface area contributed by atoms with E-state index in [-0.39, 0.29) is 28.3 Å². The monoisotopic (exact) mass is 595 g/mol. The van der Waals surface area contributed by atoms with Crippen molar-refractivity contribution in [2.24, 2.45) is 0 Å². The SMILES string of the molecule is CCOc1ccc(N(CC(=O)Nc2ccccc2C(=O)NC2CCCCC2)S(=O)(=O)c2ccc(OC)c(OC)c2)cc1. The molecule has 0 bridgehead atoms. The summed E-state index contributed by atoms with van der Waals surface area (Å²) in [6.07, 6.45) is 5.14. The first-order chi connectivity index (χ1) is 20.3. The zero-order valence-corrected chi connectivity index (χ0v) is 24.9. The maximum absolute atomic E-state index is 13.9. The summed E-state index contributed by atoms with van der Waals surface area (Å²) in [4.78, 5) is 26.4. The summed E-state index contributed by atoms with van der Waals surface area (Å²) in [6, 6.07) is 17.4. The fraction of sp³-hybridized carbons (Fsp3) is 0.355. The van der Waals surface area contributed by atoms with Gasteiger partial charge in [-0.15, -0.1) is 0 Å². The Kier molecular flexibility index (Phi) is 10.3. The van der Waals surface area contributed by atoms with Crippen LogP contribution in [-0.2, 0) is 14.8 Å². The number of para-hydroxylation sites is 1. The van der Waals surface area contributed by atoms with Crippen molar-refractivity contribution in [3.63, 3.8) is 0 Å². The predicted octanol–water partition coefficient (Wildman–Crippen LogP) is 5.00. The zero-order valence-electron chi connectivity index (χ0n) is 24.1. The standard InChI is InChI=1S/C31H37N3O7S/c1-4-41-24-16-14-23(15-17-24)34(42(37,38)25-18-19-28(39-2)29(20-25)40-3)21-30(35)33-27-13-9-8-12-26(27)31(36)32-22-10-6-5-7-11-22/h8-9,12-20,22H,4-7,10-11,21H2,1-3H3,(H,32,36)(H,33,35). The number of rotatable bonds is 12. The van der Waals surface area contributed by atoms with Crippen molar-refractivity contribution >= 4 is 33.2 Å².